The Morgan fingerprint density at radius 3 is 2.57 bits per heavy atom. The maximum absolute atomic E-state index is 12.9. The van der Waals surface area contributed by atoms with E-state index in [1.807, 2.05) is 27.9 Å². The van der Waals surface area contributed by atoms with Crippen molar-refractivity contribution < 1.29 is 19.2 Å². The van der Waals surface area contributed by atoms with E-state index in [9.17, 15) is 19.7 Å². The summed E-state index contributed by atoms with van der Waals surface area (Å²) < 4.78 is 5.48. The zero-order valence-corrected chi connectivity index (χ0v) is 18.5. The van der Waals surface area contributed by atoms with Crippen LogP contribution in [0.1, 0.15) is 25.8 Å². The number of benzene rings is 1. The third kappa shape index (κ3) is 4.52. The number of amides is 1. The van der Waals surface area contributed by atoms with E-state index in [4.69, 9.17) is 4.74 Å². The van der Waals surface area contributed by atoms with Gasteiger partial charge in [-0.3, -0.25) is 14.9 Å². The molecule has 2 unspecified atom stereocenters. The lowest BCUT2D eigenvalue weighted by molar-refractivity contribution is -0.384. The molecule has 1 amide bonds. The average molecular weight is 434 g/mol. The van der Waals surface area contributed by atoms with Gasteiger partial charge in [-0.15, -0.1) is 11.8 Å². The largest absolute Gasteiger partial charge is 0.456 e. The van der Waals surface area contributed by atoms with Gasteiger partial charge < -0.3 is 14.5 Å². The summed E-state index contributed by atoms with van der Waals surface area (Å²) in [5, 5.41) is 10.8. The number of nitro benzene ring substituents is 1. The first-order chi connectivity index (χ1) is 14.2. The van der Waals surface area contributed by atoms with Gasteiger partial charge in [-0.05, 0) is 37.7 Å². The zero-order chi connectivity index (χ0) is 22.0. The minimum Gasteiger partial charge on any atom is -0.456 e. The fourth-order valence-corrected chi connectivity index (χ4v) is 5.14. The Labute approximate surface area is 180 Å². The minimum absolute atomic E-state index is 0.00369. The van der Waals surface area contributed by atoms with Gasteiger partial charge in [0, 0.05) is 35.8 Å². The van der Waals surface area contributed by atoms with Gasteiger partial charge >= 0.3 is 5.97 Å². The predicted octanol–water partition coefficient (Wildman–Crippen LogP) is 3.03. The predicted molar refractivity (Wildman–Crippen MR) is 115 cm³/mol. The molecule has 1 fully saturated rings. The fraction of sp³-hybridized carbons (Fsp3) is 0.524. The lowest BCUT2D eigenvalue weighted by Gasteiger charge is -2.45. The van der Waals surface area contributed by atoms with Crippen LogP contribution in [0.5, 0.6) is 0 Å². The van der Waals surface area contributed by atoms with Crippen LogP contribution >= 0.6 is 11.8 Å². The molecule has 8 nitrogen and oxygen atoms in total. The van der Waals surface area contributed by atoms with Gasteiger partial charge in [0.1, 0.15) is 12.3 Å². The summed E-state index contributed by atoms with van der Waals surface area (Å²) in [6.07, 6.45) is 0.689. The topological polar surface area (TPSA) is 93.0 Å². The zero-order valence-electron chi connectivity index (χ0n) is 17.7. The summed E-state index contributed by atoms with van der Waals surface area (Å²) in [7, 11) is 3.99. The van der Waals surface area contributed by atoms with Gasteiger partial charge in [0.2, 0.25) is 5.91 Å². The van der Waals surface area contributed by atoms with Crippen LogP contribution in [0.15, 0.2) is 34.9 Å². The Morgan fingerprint density at radius 1 is 1.33 bits per heavy atom. The van der Waals surface area contributed by atoms with Crippen molar-refractivity contribution in [3.63, 3.8) is 0 Å². The number of carbonyl (C=O) groups is 2. The van der Waals surface area contributed by atoms with Crippen molar-refractivity contribution in [3.05, 3.63) is 50.5 Å². The Morgan fingerprint density at radius 2 is 2.00 bits per heavy atom. The maximum atomic E-state index is 12.9. The summed E-state index contributed by atoms with van der Waals surface area (Å²) in [4.78, 5) is 40.5. The quantitative estimate of drug-likeness (QED) is 0.256. The van der Waals surface area contributed by atoms with Crippen molar-refractivity contribution in [2.24, 2.45) is 11.8 Å². The fourth-order valence-electron chi connectivity index (χ4n) is 3.83. The molecular formula is C21H27N3O5S. The molecule has 2 heterocycles. The lowest BCUT2D eigenvalue weighted by Crippen LogP contribution is -2.60. The second-order valence-corrected chi connectivity index (χ2v) is 9.36. The molecule has 0 N–H and O–H groups in total. The van der Waals surface area contributed by atoms with E-state index in [1.165, 1.54) is 12.1 Å². The Balaban J connectivity index is 1.71. The van der Waals surface area contributed by atoms with Crippen LogP contribution in [0.4, 0.5) is 5.69 Å². The second-order valence-electron chi connectivity index (χ2n) is 8.17. The van der Waals surface area contributed by atoms with Crippen LogP contribution in [-0.4, -0.2) is 59.0 Å². The Bertz CT molecular complexity index is 866. The van der Waals surface area contributed by atoms with Crippen LogP contribution < -0.4 is 0 Å². The summed E-state index contributed by atoms with van der Waals surface area (Å²) in [5.74, 6) is 0.457. The van der Waals surface area contributed by atoms with E-state index in [-0.39, 0.29) is 36.1 Å². The molecule has 0 saturated carbocycles. The van der Waals surface area contributed by atoms with Crippen molar-refractivity contribution >= 4 is 29.3 Å². The van der Waals surface area contributed by atoms with E-state index in [1.54, 1.807) is 28.8 Å². The Kier molecular flexibility index (Phi) is 6.82. The molecule has 30 heavy (non-hydrogen) atoms. The van der Waals surface area contributed by atoms with Gasteiger partial charge in [0.05, 0.1) is 16.9 Å². The highest BCUT2D eigenvalue weighted by Crippen LogP contribution is 2.48. The molecule has 1 aromatic carbocycles. The molecule has 0 radical (unpaired) electrons. The average Bonchev–Trinajstić information content (AvgIpc) is 3.00. The number of nitrogens with zero attached hydrogens (tertiary/aromatic N) is 3. The number of nitro groups is 1. The first-order valence-corrected chi connectivity index (χ1v) is 10.9. The number of fused-ring (bicyclic) bond motifs is 1. The number of β-lactam (4-membered cyclic amide) rings is 1. The van der Waals surface area contributed by atoms with Crippen LogP contribution in [-0.2, 0) is 20.9 Å². The maximum Gasteiger partial charge on any atom is 0.356 e. The smallest absolute Gasteiger partial charge is 0.356 e. The van der Waals surface area contributed by atoms with Crippen LogP contribution in [0.25, 0.3) is 0 Å². The standard InChI is InChI=1S/C21H27N3O5S/c1-13(2)18-16-11-17(30-10-9-22(3)4)19(23(16)20(18)25)21(26)29-12-14-5-7-15(8-6-14)24(27)28/h5-8,13,16,18H,9-12H2,1-4H3. The molecule has 1 aromatic rings. The molecule has 0 bridgehead atoms. The number of thioether (sulfide) groups is 1. The van der Waals surface area contributed by atoms with E-state index < -0.39 is 10.9 Å². The monoisotopic (exact) mass is 433 g/mol. The van der Waals surface area contributed by atoms with Crippen LogP contribution in [0, 0.1) is 22.0 Å². The summed E-state index contributed by atoms with van der Waals surface area (Å²) >= 11 is 1.61. The van der Waals surface area contributed by atoms with Crippen molar-refractivity contribution in [1.29, 1.82) is 0 Å². The van der Waals surface area contributed by atoms with Crippen molar-refractivity contribution in [2.75, 3.05) is 26.4 Å². The molecule has 2 aliphatic heterocycles. The number of esters is 1. The lowest BCUT2D eigenvalue weighted by atomic mass is 9.79. The molecule has 2 atom stereocenters. The van der Waals surface area contributed by atoms with Gasteiger partial charge in [-0.2, -0.15) is 0 Å². The third-order valence-corrected chi connectivity index (χ3v) is 6.51. The summed E-state index contributed by atoms with van der Waals surface area (Å²) in [5.41, 5.74) is 1.00. The first-order valence-electron chi connectivity index (χ1n) is 9.95. The summed E-state index contributed by atoms with van der Waals surface area (Å²) in [6.45, 7) is 4.93. The highest BCUT2D eigenvalue weighted by molar-refractivity contribution is 8.03. The molecule has 3 rings (SSSR count). The number of non-ortho nitro benzene ring substituents is 1. The number of hydrogen-bond donors (Lipinski definition) is 0. The number of rotatable bonds is 9. The van der Waals surface area contributed by atoms with E-state index in [0.717, 1.165) is 17.2 Å². The summed E-state index contributed by atoms with van der Waals surface area (Å²) in [6, 6.07) is 5.91. The van der Waals surface area contributed by atoms with E-state index >= 15 is 0 Å². The molecule has 2 aliphatic rings. The highest BCUT2D eigenvalue weighted by Gasteiger charge is 2.56. The van der Waals surface area contributed by atoms with E-state index in [2.05, 4.69) is 4.90 Å². The molecule has 0 spiro atoms. The molecule has 1 saturated heterocycles. The van der Waals surface area contributed by atoms with Gasteiger partial charge in [0.25, 0.3) is 5.69 Å². The third-order valence-electron chi connectivity index (χ3n) is 5.41. The SMILES string of the molecule is CC(C)C1C(=O)N2C(C(=O)OCc3ccc([N+](=O)[O-])cc3)=C(SCCN(C)C)CC12. The van der Waals surface area contributed by atoms with Crippen LogP contribution in [0.3, 0.4) is 0 Å². The van der Waals surface area contributed by atoms with Crippen molar-refractivity contribution in [3.8, 4) is 0 Å². The normalized spacial score (nSPS) is 20.6. The Hall–Kier alpha value is -2.39. The van der Waals surface area contributed by atoms with Crippen molar-refractivity contribution in [1.82, 2.24) is 9.80 Å². The van der Waals surface area contributed by atoms with Gasteiger partial charge in [0.15, 0.2) is 0 Å². The number of ether oxygens (including phenoxy) is 1. The van der Waals surface area contributed by atoms with Gasteiger partial charge in [-0.25, -0.2) is 4.79 Å². The number of hydrogen-bond acceptors (Lipinski definition) is 7. The van der Waals surface area contributed by atoms with Crippen molar-refractivity contribution in [2.45, 2.75) is 32.9 Å². The highest BCUT2D eigenvalue weighted by atomic mass is 32.2. The molecule has 162 valence electrons. The molecule has 0 aromatic heterocycles. The molecule has 9 heteroatoms. The van der Waals surface area contributed by atoms with E-state index in [0.29, 0.717) is 17.7 Å². The first kappa shape index (κ1) is 22.3. The van der Waals surface area contributed by atoms with Crippen LogP contribution in [0.2, 0.25) is 0 Å². The second kappa shape index (κ2) is 9.18. The van der Waals surface area contributed by atoms with Gasteiger partial charge in [-0.1, -0.05) is 13.8 Å². The minimum atomic E-state index is -0.515. The molecular weight excluding hydrogens is 406 g/mol. The molecule has 0 aliphatic carbocycles. The number of carbonyl (C=O) groups excluding carboxylic acids is 2.